The monoisotopic (exact) mass is 397 g/mol. The van der Waals surface area contributed by atoms with E-state index in [1.807, 2.05) is 0 Å². The molecule has 2 aliphatic rings. The van der Waals surface area contributed by atoms with Gasteiger partial charge in [-0.3, -0.25) is 4.79 Å². The van der Waals surface area contributed by atoms with Crippen LogP contribution in [0.25, 0.3) is 0 Å². The molecule has 0 radical (unpaired) electrons. The summed E-state index contributed by atoms with van der Waals surface area (Å²) in [6, 6.07) is 4.57. The van der Waals surface area contributed by atoms with E-state index in [0.717, 1.165) is 12.8 Å². The van der Waals surface area contributed by atoms with Crippen LogP contribution >= 0.6 is 0 Å². The highest BCUT2D eigenvalue weighted by Gasteiger charge is 2.42. The van der Waals surface area contributed by atoms with Crippen LogP contribution in [0.3, 0.4) is 0 Å². The normalized spacial score (nSPS) is 20.7. The summed E-state index contributed by atoms with van der Waals surface area (Å²) in [5, 5.41) is 0. The summed E-state index contributed by atoms with van der Waals surface area (Å²) in [5.74, 6) is -0.467. The maximum Gasteiger partial charge on any atom is 0.346 e. The molecule has 1 aromatic carbocycles. The van der Waals surface area contributed by atoms with E-state index in [1.165, 1.54) is 14.2 Å². The lowest BCUT2D eigenvalue weighted by atomic mass is 10.2. The van der Waals surface area contributed by atoms with Gasteiger partial charge in [0.15, 0.2) is 16.4 Å². The predicted octanol–water partition coefficient (Wildman–Crippen LogP) is 1.04. The molecule has 1 saturated carbocycles. The summed E-state index contributed by atoms with van der Waals surface area (Å²) in [7, 11) is -0.261. The number of nitrogens with zero attached hydrogens (tertiary/aromatic N) is 1. The summed E-state index contributed by atoms with van der Waals surface area (Å²) in [5.41, 5.74) is 0.108. The second kappa shape index (κ2) is 7.75. The number of rotatable bonds is 7. The average molecular weight is 397 g/mol. The van der Waals surface area contributed by atoms with E-state index in [2.05, 4.69) is 0 Å². The Kier molecular flexibility index (Phi) is 5.59. The topological polar surface area (TPSA) is 99.2 Å². The summed E-state index contributed by atoms with van der Waals surface area (Å²) in [6.07, 6.45) is 2.12. The Morgan fingerprint density at radius 2 is 1.70 bits per heavy atom. The van der Waals surface area contributed by atoms with E-state index >= 15 is 0 Å². The fourth-order valence-electron chi connectivity index (χ4n) is 3.38. The molecule has 1 heterocycles. The lowest BCUT2D eigenvalue weighted by Crippen LogP contribution is -2.44. The Hall–Kier alpha value is -2.29. The van der Waals surface area contributed by atoms with Gasteiger partial charge in [-0.2, -0.15) is 0 Å². The van der Waals surface area contributed by atoms with Crippen LogP contribution in [-0.4, -0.2) is 69.6 Å². The molecule has 1 amide bonds. The maximum atomic E-state index is 12.7. The first-order valence-corrected chi connectivity index (χ1v) is 10.6. The largest absolute Gasteiger partial charge is 0.496 e. The van der Waals surface area contributed by atoms with Gasteiger partial charge in [-0.05, 0) is 31.4 Å². The van der Waals surface area contributed by atoms with E-state index < -0.39 is 22.4 Å². The van der Waals surface area contributed by atoms with Crippen LogP contribution in [0.15, 0.2) is 18.2 Å². The van der Waals surface area contributed by atoms with E-state index in [-0.39, 0.29) is 46.6 Å². The minimum Gasteiger partial charge on any atom is -0.496 e. The maximum absolute atomic E-state index is 12.7. The van der Waals surface area contributed by atoms with Crippen molar-refractivity contribution in [2.45, 2.75) is 31.3 Å². The third-order valence-corrected chi connectivity index (χ3v) is 6.54. The second-order valence-corrected chi connectivity index (χ2v) is 8.93. The molecule has 1 aliphatic carbocycles. The van der Waals surface area contributed by atoms with Crippen LogP contribution in [0.1, 0.15) is 29.6 Å². The van der Waals surface area contributed by atoms with Crippen molar-refractivity contribution in [2.75, 3.05) is 32.3 Å². The Bertz CT molecular complexity index is 810. The minimum atomic E-state index is -3.11. The van der Waals surface area contributed by atoms with Gasteiger partial charge in [-0.15, -0.1) is 0 Å². The third kappa shape index (κ3) is 4.35. The third-order valence-electron chi connectivity index (χ3n) is 4.79. The standard InChI is InChI=1S/C18H23NO7S/c1-24-14-4-3-5-15(25-2)17(14)18(21)26-10-16(20)19(12-6-7-12)13-8-9-27(22,23)11-13/h3-5,12-13H,6-11H2,1-2H3/t13-/m1/s1. The number of benzene rings is 1. The Morgan fingerprint density at radius 1 is 1.07 bits per heavy atom. The second-order valence-electron chi connectivity index (χ2n) is 6.70. The van der Waals surface area contributed by atoms with Crippen LogP contribution in [-0.2, 0) is 19.4 Å². The quantitative estimate of drug-likeness (QED) is 0.634. The van der Waals surface area contributed by atoms with Gasteiger partial charge >= 0.3 is 5.97 Å². The van der Waals surface area contributed by atoms with Gasteiger partial charge in [-0.1, -0.05) is 6.07 Å². The molecule has 9 heteroatoms. The van der Waals surface area contributed by atoms with E-state index in [1.54, 1.807) is 23.1 Å². The number of hydrogen-bond acceptors (Lipinski definition) is 7. The number of methoxy groups -OCH3 is 2. The summed E-state index contributed by atoms with van der Waals surface area (Å²) in [4.78, 5) is 26.7. The number of amides is 1. The molecule has 1 atom stereocenters. The van der Waals surface area contributed by atoms with Gasteiger partial charge in [0.2, 0.25) is 0 Å². The van der Waals surface area contributed by atoms with Crippen molar-refractivity contribution >= 4 is 21.7 Å². The molecule has 0 N–H and O–H groups in total. The number of ether oxygens (including phenoxy) is 3. The number of sulfone groups is 1. The fraction of sp³-hybridized carbons (Fsp3) is 0.556. The summed E-state index contributed by atoms with van der Waals surface area (Å²) in [6.45, 7) is -0.451. The SMILES string of the molecule is COc1cccc(OC)c1C(=O)OCC(=O)N(C1CC1)[C@@H]1CCS(=O)(=O)C1. The summed E-state index contributed by atoms with van der Waals surface area (Å²) < 4.78 is 39.1. The van der Waals surface area contributed by atoms with Crippen molar-refractivity contribution < 1.29 is 32.2 Å². The van der Waals surface area contributed by atoms with Crippen LogP contribution in [0.5, 0.6) is 11.5 Å². The predicted molar refractivity (Wildman–Crippen MR) is 96.8 cm³/mol. The van der Waals surface area contributed by atoms with Crippen molar-refractivity contribution in [1.82, 2.24) is 4.90 Å². The number of esters is 1. The van der Waals surface area contributed by atoms with Gasteiger partial charge in [-0.25, -0.2) is 13.2 Å². The van der Waals surface area contributed by atoms with Crippen molar-refractivity contribution in [2.24, 2.45) is 0 Å². The van der Waals surface area contributed by atoms with Crippen LogP contribution in [0, 0.1) is 0 Å². The van der Waals surface area contributed by atoms with Gasteiger partial charge in [0.05, 0.1) is 25.7 Å². The van der Waals surface area contributed by atoms with Crippen LogP contribution in [0.4, 0.5) is 0 Å². The van der Waals surface area contributed by atoms with Gasteiger partial charge < -0.3 is 19.1 Å². The summed E-state index contributed by atoms with van der Waals surface area (Å²) >= 11 is 0. The van der Waals surface area contributed by atoms with Gasteiger partial charge in [0, 0.05) is 12.1 Å². The average Bonchev–Trinajstić information content (AvgIpc) is 3.41. The van der Waals surface area contributed by atoms with Crippen LogP contribution < -0.4 is 9.47 Å². The molecule has 2 fully saturated rings. The molecule has 1 aromatic rings. The van der Waals surface area contributed by atoms with Crippen molar-refractivity contribution in [3.05, 3.63) is 23.8 Å². The molecule has 1 aliphatic heterocycles. The molecule has 1 saturated heterocycles. The lowest BCUT2D eigenvalue weighted by molar-refractivity contribution is -0.137. The Morgan fingerprint density at radius 3 is 2.19 bits per heavy atom. The number of carbonyl (C=O) groups excluding carboxylic acids is 2. The van der Waals surface area contributed by atoms with Crippen molar-refractivity contribution in [3.8, 4) is 11.5 Å². The highest BCUT2D eigenvalue weighted by molar-refractivity contribution is 7.91. The molecule has 0 aromatic heterocycles. The molecule has 27 heavy (non-hydrogen) atoms. The van der Waals surface area contributed by atoms with Crippen molar-refractivity contribution in [1.29, 1.82) is 0 Å². The lowest BCUT2D eigenvalue weighted by Gasteiger charge is -2.28. The first-order valence-electron chi connectivity index (χ1n) is 8.76. The number of hydrogen-bond donors (Lipinski definition) is 0. The molecular weight excluding hydrogens is 374 g/mol. The molecule has 0 spiro atoms. The molecule has 0 unspecified atom stereocenters. The molecule has 8 nitrogen and oxygen atoms in total. The molecule has 3 rings (SSSR count). The van der Waals surface area contributed by atoms with Gasteiger partial charge in [0.1, 0.15) is 17.1 Å². The highest BCUT2D eigenvalue weighted by Crippen LogP contribution is 2.33. The zero-order chi connectivity index (χ0) is 19.6. The Labute approximate surface area is 158 Å². The minimum absolute atomic E-state index is 0.0243. The van der Waals surface area contributed by atoms with E-state index in [9.17, 15) is 18.0 Å². The zero-order valence-electron chi connectivity index (χ0n) is 15.3. The first kappa shape index (κ1) is 19.5. The van der Waals surface area contributed by atoms with E-state index in [4.69, 9.17) is 14.2 Å². The molecule has 0 bridgehead atoms. The number of carbonyl (C=O) groups is 2. The van der Waals surface area contributed by atoms with Crippen LogP contribution in [0.2, 0.25) is 0 Å². The zero-order valence-corrected chi connectivity index (χ0v) is 16.2. The Balaban J connectivity index is 1.69. The first-order chi connectivity index (χ1) is 12.9. The van der Waals surface area contributed by atoms with Crippen molar-refractivity contribution in [3.63, 3.8) is 0 Å². The highest BCUT2D eigenvalue weighted by atomic mass is 32.2. The fourth-order valence-corrected chi connectivity index (χ4v) is 5.09. The smallest absolute Gasteiger partial charge is 0.346 e. The molecule has 148 valence electrons. The molecular formula is C18H23NO7S. The van der Waals surface area contributed by atoms with Gasteiger partial charge in [0.25, 0.3) is 5.91 Å². The van der Waals surface area contributed by atoms with E-state index in [0.29, 0.717) is 6.42 Å².